The normalized spacial score (nSPS) is 18.1. The number of aromatic nitrogens is 1. The number of pyridine rings is 1. The molecule has 0 unspecified atom stereocenters. The second kappa shape index (κ2) is 10.2. The summed E-state index contributed by atoms with van der Waals surface area (Å²) < 4.78 is 35.0. The summed E-state index contributed by atoms with van der Waals surface area (Å²) >= 11 is 0. The van der Waals surface area contributed by atoms with E-state index in [1.54, 1.807) is 24.4 Å². The van der Waals surface area contributed by atoms with Crippen LogP contribution in [0, 0.1) is 6.92 Å². The van der Waals surface area contributed by atoms with E-state index >= 15 is 0 Å². The molecule has 0 radical (unpaired) electrons. The smallest absolute Gasteiger partial charge is 0.387 e. The Labute approximate surface area is 197 Å². The van der Waals surface area contributed by atoms with E-state index in [2.05, 4.69) is 19.9 Å². The Bertz CT molecular complexity index is 1130. The van der Waals surface area contributed by atoms with Crippen LogP contribution in [0.4, 0.5) is 20.3 Å². The minimum atomic E-state index is -2.87. The van der Waals surface area contributed by atoms with Crippen molar-refractivity contribution in [1.82, 2.24) is 4.98 Å². The first kappa shape index (κ1) is 23.6. The van der Waals surface area contributed by atoms with E-state index in [1.807, 2.05) is 45.0 Å². The number of benzene rings is 2. The monoisotopic (exact) mass is 467 g/mol. The van der Waals surface area contributed by atoms with E-state index in [0.717, 1.165) is 35.6 Å². The van der Waals surface area contributed by atoms with Crippen molar-refractivity contribution in [3.05, 3.63) is 71.9 Å². The Balaban J connectivity index is 1.47. The van der Waals surface area contributed by atoms with Gasteiger partial charge in [-0.15, -0.1) is 0 Å². The number of hydrogen-bond donors (Lipinski definition) is 1. The Morgan fingerprint density at radius 2 is 1.79 bits per heavy atom. The Kier molecular flexibility index (Phi) is 7.07. The second-order valence-electron chi connectivity index (χ2n) is 8.40. The molecule has 0 bridgehead atoms. The summed E-state index contributed by atoms with van der Waals surface area (Å²) in [5.74, 6) is 0.650. The number of amides is 1. The quantitative estimate of drug-likeness (QED) is 0.517. The standard InChI is InChI=1S/C26H27F2N3O3/c1-16-14-31(15-17(2)33-16)24-12-9-20(13-29-24)25(32)30-23-6-4-5-22(18(23)3)19-7-10-21(11-8-19)34-26(27)28/h4-13,16-17,26H,14-15H2,1-3H3,(H,30,32)/t16-,17+. The SMILES string of the molecule is Cc1c(NC(=O)c2ccc(N3C[C@@H](C)O[C@@H](C)C3)nc2)cccc1-c1ccc(OC(F)F)cc1. The van der Waals surface area contributed by atoms with Crippen molar-refractivity contribution in [1.29, 1.82) is 0 Å². The first-order chi connectivity index (χ1) is 16.3. The minimum Gasteiger partial charge on any atom is -0.435 e. The molecule has 1 aliphatic heterocycles. The summed E-state index contributed by atoms with van der Waals surface area (Å²) in [5.41, 5.74) is 3.69. The molecule has 1 N–H and O–H groups in total. The van der Waals surface area contributed by atoms with Gasteiger partial charge in [0.25, 0.3) is 5.91 Å². The van der Waals surface area contributed by atoms with Crippen LogP contribution in [0.2, 0.25) is 0 Å². The third-order valence-electron chi connectivity index (χ3n) is 5.73. The van der Waals surface area contributed by atoms with Crippen molar-refractivity contribution in [3.8, 4) is 16.9 Å². The summed E-state index contributed by atoms with van der Waals surface area (Å²) in [5, 5.41) is 2.95. The van der Waals surface area contributed by atoms with Gasteiger partial charge in [0, 0.05) is 25.0 Å². The van der Waals surface area contributed by atoms with Gasteiger partial charge in [0.05, 0.1) is 17.8 Å². The van der Waals surface area contributed by atoms with Crippen LogP contribution in [0.3, 0.4) is 0 Å². The third-order valence-corrected chi connectivity index (χ3v) is 5.73. The Morgan fingerprint density at radius 1 is 1.09 bits per heavy atom. The number of nitrogens with zero attached hydrogens (tertiary/aromatic N) is 2. The fourth-order valence-corrected chi connectivity index (χ4v) is 4.17. The number of alkyl halides is 2. The molecular weight excluding hydrogens is 440 g/mol. The number of morpholine rings is 1. The lowest BCUT2D eigenvalue weighted by Gasteiger charge is -2.36. The van der Waals surface area contributed by atoms with Crippen molar-refractivity contribution in [3.63, 3.8) is 0 Å². The van der Waals surface area contributed by atoms with Crippen LogP contribution >= 0.6 is 0 Å². The van der Waals surface area contributed by atoms with Crippen LogP contribution in [0.25, 0.3) is 11.1 Å². The molecule has 1 saturated heterocycles. The number of halogens is 2. The molecule has 2 heterocycles. The first-order valence-electron chi connectivity index (χ1n) is 11.1. The molecule has 1 aliphatic rings. The fraction of sp³-hybridized carbons (Fsp3) is 0.308. The van der Waals surface area contributed by atoms with Crippen LogP contribution in [-0.2, 0) is 4.74 Å². The molecule has 34 heavy (non-hydrogen) atoms. The zero-order valence-corrected chi connectivity index (χ0v) is 19.3. The molecule has 1 aromatic heterocycles. The van der Waals surface area contributed by atoms with Crippen molar-refractivity contribution < 1.29 is 23.0 Å². The number of nitrogens with one attached hydrogen (secondary N) is 1. The number of anilines is 2. The van der Waals surface area contributed by atoms with Crippen LogP contribution in [0.15, 0.2) is 60.8 Å². The highest BCUT2D eigenvalue weighted by Gasteiger charge is 2.23. The number of ether oxygens (including phenoxy) is 2. The number of hydrogen-bond acceptors (Lipinski definition) is 5. The predicted molar refractivity (Wildman–Crippen MR) is 128 cm³/mol. The Hall–Kier alpha value is -3.52. The lowest BCUT2D eigenvalue weighted by Crippen LogP contribution is -2.45. The van der Waals surface area contributed by atoms with E-state index in [4.69, 9.17) is 4.74 Å². The molecule has 6 nitrogen and oxygen atoms in total. The molecule has 0 aliphatic carbocycles. The van der Waals surface area contributed by atoms with E-state index < -0.39 is 6.61 Å². The van der Waals surface area contributed by atoms with Gasteiger partial charge in [-0.3, -0.25) is 4.79 Å². The van der Waals surface area contributed by atoms with E-state index in [-0.39, 0.29) is 23.9 Å². The van der Waals surface area contributed by atoms with Crippen LogP contribution in [0.5, 0.6) is 5.75 Å². The Morgan fingerprint density at radius 3 is 2.41 bits per heavy atom. The first-order valence-corrected chi connectivity index (χ1v) is 11.1. The molecular formula is C26H27F2N3O3. The van der Waals surface area contributed by atoms with E-state index in [1.165, 1.54) is 12.1 Å². The van der Waals surface area contributed by atoms with Gasteiger partial charge in [-0.25, -0.2) is 4.98 Å². The predicted octanol–water partition coefficient (Wildman–Crippen LogP) is 5.52. The molecule has 2 aromatic carbocycles. The van der Waals surface area contributed by atoms with Gasteiger partial charge in [-0.2, -0.15) is 8.78 Å². The van der Waals surface area contributed by atoms with Crippen molar-refractivity contribution in [2.24, 2.45) is 0 Å². The molecule has 178 valence electrons. The molecule has 2 atom stereocenters. The highest BCUT2D eigenvalue weighted by molar-refractivity contribution is 6.05. The summed E-state index contributed by atoms with van der Waals surface area (Å²) in [7, 11) is 0. The topological polar surface area (TPSA) is 63.7 Å². The van der Waals surface area contributed by atoms with Gasteiger partial charge < -0.3 is 19.7 Å². The maximum atomic E-state index is 12.9. The van der Waals surface area contributed by atoms with Gasteiger partial charge in [0.1, 0.15) is 11.6 Å². The number of carbonyl (C=O) groups is 1. The highest BCUT2D eigenvalue weighted by atomic mass is 19.3. The molecule has 3 aromatic rings. The van der Waals surface area contributed by atoms with Crippen LogP contribution < -0.4 is 15.0 Å². The van der Waals surface area contributed by atoms with Gasteiger partial charge in [0.15, 0.2) is 0 Å². The van der Waals surface area contributed by atoms with Gasteiger partial charge in [-0.1, -0.05) is 24.3 Å². The average molecular weight is 468 g/mol. The second-order valence-corrected chi connectivity index (χ2v) is 8.40. The summed E-state index contributed by atoms with van der Waals surface area (Å²) in [6.07, 6.45) is 1.82. The molecule has 4 rings (SSSR count). The van der Waals surface area contributed by atoms with Crippen molar-refractivity contribution in [2.75, 3.05) is 23.3 Å². The minimum absolute atomic E-state index is 0.0952. The zero-order valence-electron chi connectivity index (χ0n) is 19.3. The third kappa shape index (κ3) is 5.51. The summed E-state index contributed by atoms with van der Waals surface area (Å²) in [6.45, 7) is 4.61. The molecule has 0 saturated carbocycles. The van der Waals surface area contributed by atoms with Crippen molar-refractivity contribution in [2.45, 2.75) is 39.6 Å². The van der Waals surface area contributed by atoms with Crippen LogP contribution in [0.1, 0.15) is 29.8 Å². The van der Waals surface area contributed by atoms with Gasteiger partial charge in [-0.05, 0) is 67.8 Å². The number of carbonyl (C=O) groups excluding carboxylic acids is 1. The molecule has 8 heteroatoms. The highest BCUT2D eigenvalue weighted by Crippen LogP contribution is 2.30. The number of rotatable bonds is 6. The van der Waals surface area contributed by atoms with Gasteiger partial charge >= 0.3 is 6.61 Å². The zero-order chi connectivity index (χ0) is 24.2. The van der Waals surface area contributed by atoms with Crippen molar-refractivity contribution >= 4 is 17.4 Å². The maximum Gasteiger partial charge on any atom is 0.387 e. The van der Waals surface area contributed by atoms with E-state index in [0.29, 0.717) is 11.3 Å². The van der Waals surface area contributed by atoms with E-state index in [9.17, 15) is 13.6 Å². The average Bonchev–Trinajstić information content (AvgIpc) is 2.80. The summed E-state index contributed by atoms with van der Waals surface area (Å²) in [4.78, 5) is 19.5. The lowest BCUT2D eigenvalue weighted by molar-refractivity contribution is -0.0498. The van der Waals surface area contributed by atoms with Crippen LogP contribution in [-0.4, -0.2) is 42.8 Å². The maximum absolute atomic E-state index is 12.9. The molecule has 1 fully saturated rings. The largest absolute Gasteiger partial charge is 0.435 e. The fourth-order valence-electron chi connectivity index (χ4n) is 4.17. The lowest BCUT2D eigenvalue weighted by atomic mass is 9.99. The molecule has 1 amide bonds. The van der Waals surface area contributed by atoms with Gasteiger partial charge in [0.2, 0.25) is 0 Å². The summed E-state index contributed by atoms with van der Waals surface area (Å²) in [6, 6.07) is 15.6. The molecule has 0 spiro atoms.